The summed E-state index contributed by atoms with van der Waals surface area (Å²) in [6, 6.07) is 7.32. The first kappa shape index (κ1) is 8.56. The second-order valence-electron chi connectivity index (χ2n) is 2.98. The van der Waals surface area contributed by atoms with Crippen LogP contribution in [0, 0.1) is 0 Å². The standard InChI is InChI=1S/C9H8BrNO2/c10-6-1-3-7(4-2-6)11-5-8(11)9(12)13/h1-4,8H,5H2,(H,12,13)/t8-,11?/m1/s1. The minimum Gasteiger partial charge on any atom is -0.480 e. The minimum absolute atomic E-state index is 0.318. The predicted molar refractivity (Wildman–Crippen MR) is 52.9 cm³/mol. The van der Waals surface area contributed by atoms with E-state index in [1.165, 1.54) is 0 Å². The molecular weight excluding hydrogens is 234 g/mol. The lowest BCUT2D eigenvalue weighted by Crippen LogP contribution is -2.10. The van der Waals surface area contributed by atoms with Crippen LogP contribution in [0.1, 0.15) is 0 Å². The van der Waals surface area contributed by atoms with Crippen LogP contribution in [-0.4, -0.2) is 23.7 Å². The predicted octanol–water partition coefficient (Wildman–Crippen LogP) is 1.72. The number of halogens is 1. The van der Waals surface area contributed by atoms with Crippen molar-refractivity contribution < 1.29 is 9.90 Å². The maximum atomic E-state index is 10.6. The Kier molecular flexibility index (Phi) is 2.00. The van der Waals surface area contributed by atoms with E-state index >= 15 is 0 Å². The van der Waals surface area contributed by atoms with Gasteiger partial charge in [0.15, 0.2) is 0 Å². The molecule has 1 aliphatic rings. The van der Waals surface area contributed by atoms with Gasteiger partial charge in [-0.25, -0.2) is 4.79 Å². The third-order valence-corrected chi connectivity index (χ3v) is 2.58. The molecule has 0 radical (unpaired) electrons. The Balaban J connectivity index is 2.12. The van der Waals surface area contributed by atoms with Gasteiger partial charge in [0, 0.05) is 10.2 Å². The molecule has 1 heterocycles. The van der Waals surface area contributed by atoms with Crippen molar-refractivity contribution in [3.8, 4) is 0 Å². The normalized spacial score (nSPS) is 20.1. The number of carboxylic acid groups (broad SMARTS) is 1. The first-order valence-electron chi connectivity index (χ1n) is 3.93. The van der Waals surface area contributed by atoms with Crippen LogP contribution >= 0.6 is 15.9 Å². The molecule has 1 saturated heterocycles. The van der Waals surface area contributed by atoms with Gasteiger partial charge in [0.2, 0.25) is 0 Å². The van der Waals surface area contributed by atoms with Crippen molar-refractivity contribution in [2.45, 2.75) is 6.04 Å². The lowest BCUT2D eigenvalue weighted by molar-refractivity contribution is -0.136. The molecule has 0 saturated carbocycles. The van der Waals surface area contributed by atoms with Gasteiger partial charge in [-0.15, -0.1) is 0 Å². The maximum Gasteiger partial charge on any atom is 0.328 e. The van der Waals surface area contributed by atoms with E-state index in [0.29, 0.717) is 6.54 Å². The third kappa shape index (κ3) is 1.67. The van der Waals surface area contributed by atoms with Gasteiger partial charge in [0.05, 0.1) is 6.54 Å². The summed E-state index contributed by atoms with van der Waals surface area (Å²) < 4.78 is 1.00. The number of carboxylic acids is 1. The van der Waals surface area contributed by atoms with Crippen molar-refractivity contribution in [2.24, 2.45) is 0 Å². The Morgan fingerprint density at radius 1 is 1.46 bits per heavy atom. The summed E-state index contributed by atoms with van der Waals surface area (Å²) in [7, 11) is 0. The molecule has 0 bridgehead atoms. The number of hydrogen-bond donors (Lipinski definition) is 1. The van der Waals surface area contributed by atoms with Crippen molar-refractivity contribution >= 4 is 27.6 Å². The van der Waals surface area contributed by atoms with Gasteiger partial charge in [-0.2, -0.15) is 0 Å². The average molecular weight is 242 g/mol. The molecule has 1 atom stereocenters. The van der Waals surface area contributed by atoms with Crippen molar-refractivity contribution in [1.82, 2.24) is 0 Å². The molecule has 1 fully saturated rings. The highest BCUT2D eigenvalue weighted by Gasteiger charge is 2.40. The molecule has 0 aliphatic carbocycles. The molecule has 2 rings (SSSR count). The maximum absolute atomic E-state index is 10.6. The van der Waals surface area contributed by atoms with Crippen LogP contribution in [-0.2, 0) is 4.79 Å². The van der Waals surface area contributed by atoms with Crippen LogP contribution < -0.4 is 4.90 Å². The zero-order chi connectivity index (χ0) is 9.42. The second-order valence-corrected chi connectivity index (χ2v) is 3.90. The Morgan fingerprint density at radius 2 is 2.08 bits per heavy atom. The van der Waals surface area contributed by atoms with Crippen LogP contribution in [0.5, 0.6) is 0 Å². The zero-order valence-electron chi connectivity index (χ0n) is 6.77. The largest absolute Gasteiger partial charge is 0.480 e. The van der Waals surface area contributed by atoms with E-state index in [1.54, 1.807) is 0 Å². The first-order chi connectivity index (χ1) is 6.18. The van der Waals surface area contributed by atoms with Crippen molar-refractivity contribution in [2.75, 3.05) is 11.4 Å². The third-order valence-electron chi connectivity index (χ3n) is 2.06. The molecule has 1 N–H and O–H groups in total. The average Bonchev–Trinajstić information content (AvgIpc) is 2.85. The van der Waals surface area contributed by atoms with Gasteiger partial charge in [-0.05, 0) is 24.3 Å². The zero-order valence-corrected chi connectivity index (χ0v) is 8.36. The molecular formula is C9H8BrNO2. The Labute approximate surface area is 84.1 Å². The molecule has 0 spiro atoms. The van der Waals surface area contributed by atoms with Crippen LogP contribution in [0.15, 0.2) is 28.7 Å². The van der Waals surface area contributed by atoms with Crippen LogP contribution in [0.4, 0.5) is 5.69 Å². The summed E-state index contributed by atoms with van der Waals surface area (Å²) >= 11 is 3.32. The number of carbonyl (C=O) groups is 1. The number of aliphatic carboxylic acids is 1. The van der Waals surface area contributed by atoms with E-state index in [0.717, 1.165) is 10.2 Å². The van der Waals surface area contributed by atoms with Gasteiger partial charge in [-0.3, -0.25) is 0 Å². The molecule has 1 aromatic carbocycles. The summed E-state index contributed by atoms with van der Waals surface area (Å²) in [4.78, 5) is 12.4. The molecule has 0 unspecified atom stereocenters. The van der Waals surface area contributed by atoms with Crippen LogP contribution in [0.25, 0.3) is 0 Å². The number of rotatable bonds is 2. The summed E-state index contributed by atoms with van der Waals surface area (Å²) in [5.41, 5.74) is 0.968. The van der Waals surface area contributed by atoms with E-state index in [2.05, 4.69) is 15.9 Å². The monoisotopic (exact) mass is 241 g/mol. The van der Waals surface area contributed by atoms with Gasteiger partial charge in [-0.1, -0.05) is 15.9 Å². The molecule has 1 aliphatic heterocycles. The quantitative estimate of drug-likeness (QED) is 0.802. The molecule has 1 aromatic rings. The lowest BCUT2D eigenvalue weighted by atomic mass is 10.3. The number of nitrogens with zero attached hydrogens (tertiary/aromatic N) is 1. The Bertz CT molecular complexity index is 336. The minimum atomic E-state index is -0.747. The Hall–Kier alpha value is -1.03. The molecule has 4 heteroatoms. The topological polar surface area (TPSA) is 40.3 Å². The van der Waals surface area contributed by atoms with Gasteiger partial charge < -0.3 is 10.0 Å². The Morgan fingerprint density at radius 3 is 2.54 bits per heavy atom. The molecule has 13 heavy (non-hydrogen) atoms. The van der Waals surface area contributed by atoms with E-state index in [-0.39, 0.29) is 6.04 Å². The lowest BCUT2D eigenvalue weighted by Gasteiger charge is -2.02. The SMILES string of the molecule is O=C(O)[C@H]1CN1c1ccc(Br)cc1. The summed E-state index contributed by atoms with van der Waals surface area (Å²) in [5, 5.41) is 8.69. The van der Waals surface area contributed by atoms with E-state index in [1.807, 2.05) is 29.2 Å². The van der Waals surface area contributed by atoms with Crippen LogP contribution in [0.2, 0.25) is 0 Å². The second kappa shape index (κ2) is 3.03. The van der Waals surface area contributed by atoms with E-state index in [4.69, 9.17) is 5.11 Å². The van der Waals surface area contributed by atoms with Crippen molar-refractivity contribution in [1.29, 1.82) is 0 Å². The highest BCUT2D eigenvalue weighted by Crippen LogP contribution is 2.28. The first-order valence-corrected chi connectivity index (χ1v) is 4.73. The van der Waals surface area contributed by atoms with Gasteiger partial charge in [0.1, 0.15) is 6.04 Å². The van der Waals surface area contributed by atoms with Crippen LogP contribution in [0.3, 0.4) is 0 Å². The highest BCUT2D eigenvalue weighted by molar-refractivity contribution is 9.10. The number of benzene rings is 1. The summed E-state index contributed by atoms with van der Waals surface area (Å²) in [6.07, 6.45) is 0. The van der Waals surface area contributed by atoms with Gasteiger partial charge in [0.25, 0.3) is 0 Å². The summed E-state index contributed by atoms with van der Waals surface area (Å²) in [5.74, 6) is -0.747. The van der Waals surface area contributed by atoms with Crippen molar-refractivity contribution in [3.63, 3.8) is 0 Å². The smallest absolute Gasteiger partial charge is 0.328 e. The van der Waals surface area contributed by atoms with Crippen molar-refractivity contribution in [3.05, 3.63) is 28.7 Å². The number of anilines is 1. The molecule has 3 nitrogen and oxygen atoms in total. The summed E-state index contributed by atoms with van der Waals surface area (Å²) in [6.45, 7) is 0.622. The highest BCUT2D eigenvalue weighted by atomic mass is 79.9. The van der Waals surface area contributed by atoms with Gasteiger partial charge >= 0.3 is 5.97 Å². The fourth-order valence-electron chi connectivity index (χ4n) is 1.27. The molecule has 68 valence electrons. The number of hydrogen-bond acceptors (Lipinski definition) is 2. The van der Waals surface area contributed by atoms with E-state index in [9.17, 15) is 4.79 Å². The fourth-order valence-corrected chi connectivity index (χ4v) is 1.53. The molecule has 0 amide bonds. The molecule has 0 aromatic heterocycles. The van der Waals surface area contributed by atoms with E-state index < -0.39 is 5.97 Å². The fraction of sp³-hybridized carbons (Fsp3) is 0.222.